The van der Waals surface area contributed by atoms with Crippen LogP contribution in [0.2, 0.25) is 0 Å². The molecule has 76 valence electrons. The second kappa shape index (κ2) is 3.53. The summed E-state index contributed by atoms with van der Waals surface area (Å²) in [4.78, 5) is 15.4. The van der Waals surface area contributed by atoms with Crippen molar-refractivity contribution in [1.82, 2.24) is 14.6 Å². The van der Waals surface area contributed by atoms with Crippen LogP contribution in [0.3, 0.4) is 0 Å². The Bertz CT molecular complexity index is 530. The molecule has 0 atom stereocenters. The van der Waals surface area contributed by atoms with E-state index in [1.165, 1.54) is 18.0 Å². The molecular weight excluding hydrogens is 194 g/mol. The SMILES string of the molecule is C=Cc1cc(C(=O)OC)c2ncnn2c1. The van der Waals surface area contributed by atoms with Gasteiger partial charge in [0.05, 0.1) is 7.11 Å². The van der Waals surface area contributed by atoms with Crippen LogP contribution < -0.4 is 0 Å². The molecule has 2 rings (SSSR count). The van der Waals surface area contributed by atoms with Crippen LogP contribution in [0.1, 0.15) is 15.9 Å². The predicted octanol–water partition coefficient (Wildman–Crippen LogP) is 1.16. The smallest absolute Gasteiger partial charge is 0.341 e. The van der Waals surface area contributed by atoms with Gasteiger partial charge < -0.3 is 4.74 Å². The lowest BCUT2D eigenvalue weighted by Crippen LogP contribution is -2.05. The number of carbonyl (C=O) groups excluding carboxylic acids is 1. The highest BCUT2D eigenvalue weighted by Gasteiger charge is 2.13. The first-order chi connectivity index (χ1) is 7.26. The van der Waals surface area contributed by atoms with Crippen molar-refractivity contribution in [3.63, 3.8) is 0 Å². The Morgan fingerprint density at radius 3 is 3.13 bits per heavy atom. The molecule has 0 aliphatic rings. The second-order valence-electron chi connectivity index (χ2n) is 2.91. The van der Waals surface area contributed by atoms with Crippen molar-refractivity contribution in [3.8, 4) is 0 Å². The Morgan fingerprint density at radius 2 is 2.47 bits per heavy atom. The molecular formula is C10H9N3O2. The number of carbonyl (C=O) groups is 1. The average molecular weight is 203 g/mol. The number of methoxy groups -OCH3 is 1. The van der Waals surface area contributed by atoms with Gasteiger partial charge in [-0.1, -0.05) is 12.7 Å². The van der Waals surface area contributed by atoms with Crippen LogP contribution in [-0.2, 0) is 4.74 Å². The van der Waals surface area contributed by atoms with E-state index in [1.54, 1.807) is 18.3 Å². The zero-order chi connectivity index (χ0) is 10.8. The van der Waals surface area contributed by atoms with Crippen molar-refractivity contribution in [2.24, 2.45) is 0 Å². The van der Waals surface area contributed by atoms with E-state index in [0.29, 0.717) is 11.2 Å². The van der Waals surface area contributed by atoms with E-state index in [0.717, 1.165) is 5.56 Å². The van der Waals surface area contributed by atoms with Crippen LogP contribution in [0.4, 0.5) is 0 Å². The van der Waals surface area contributed by atoms with Gasteiger partial charge >= 0.3 is 5.97 Å². The van der Waals surface area contributed by atoms with Gasteiger partial charge in [-0.25, -0.2) is 14.3 Å². The third-order valence-electron chi connectivity index (χ3n) is 2.04. The molecule has 0 aliphatic heterocycles. The Kier molecular flexibility index (Phi) is 2.21. The van der Waals surface area contributed by atoms with Gasteiger partial charge in [-0.2, -0.15) is 5.10 Å². The van der Waals surface area contributed by atoms with Crippen molar-refractivity contribution in [3.05, 3.63) is 36.3 Å². The third-order valence-corrected chi connectivity index (χ3v) is 2.04. The monoisotopic (exact) mass is 203 g/mol. The van der Waals surface area contributed by atoms with Crippen molar-refractivity contribution in [1.29, 1.82) is 0 Å². The number of esters is 1. The lowest BCUT2D eigenvalue weighted by atomic mass is 10.2. The van der Waals surface area contributed by atoms with E-state index in [1.807, 2.05) is 0 Å². The molecule has 0 radical (unpaired) electrons. The van der Waals surface area contributed by atoms with Crippen LogP contribution in [0.5, 0.6) is 0 Å². The van der Waals surface area contributed by atoms with Crippen LogP contribution in [0, 0.1) is 0 Å². The van der Waals surface area contributed by atoms with Gasteiger partial charge in [0.25, 0.3) is 0 Å². The largest absolute Gasteiger partial charge is 0.465 e. The predicted molar refractivity (Wildman–Crippen MR) is 54.4 cm³/mol. The maximum absolute atomic E-state index is 11.5. The molecule has 5 heteroatoms. The molecule has 2 aromatic rings. The number of hydrogen-bond acceptors (Lipinski definition) is 4. The number of pyridine rings is 1. The molecule has 0 unspecified atom stereocenters. The van der Waals surface area contributed by atoms with Crippen molar-refractivity contribution in [2.75, 3.05) is 7.11 Å². The lowest BCUT2D eigenvalue weighted by Gasteiger charge is -2.02. The zero-order valence-corrected chi connectivity index (χ0v) is 8.17. The number of fused-ring (bicyclic) bond motifs is 1. The van der Waals surface area contributed by atoms with E-state index < -0.39 is 5.97 Å². The fraction of sp³-hybridized carbons (Fsp3) is 0.100. The molecule has 15 heavy (non-hydrogen) atoms. The highest BCUT2D eigenvalue weighted by Crippen LogP contribution is 2.12. The molecule has 0 aromatic carbocycles. The molecule has 0 saturated heterocycles. The minimum Gasteiger partial charge on any atom is -0.465 e. The third kappa shape index (κ3) is 1.48. The number of ether oxygens (including phenoxy) is 1. The van der Waals surface area contributed by atoms with E-state index in [9.17, 15) is 4.79 Å². The highest BCUT2D eigenvalue weighted by molar-refractivity contribution is 5.96. The summed E-state index contributed by atoms with van der Waals surface area (Å²) in [5.41, 5.74) is 1.65. The van der Waals surface area contributed by atoms with Gasteiger partial charge in [0.15, 0.2) is 5.65 Å². The normalized spacial score (nSPS) is 10.2. The Labute approximate surface area is 86.0 Å². The van der Waals surface area contributed by atoms with E-state index >= 15 is 0 Å². The van der Waals surface area contributed by atoms with Gasteiger partial charge in [0, 0.05) is 6.20 Å². The molecule has 0 spiro atoms. The summed E-state index contributed by atoms with van der Waals surface area (Å²) in [7, 11) is 1.33. The molecule has 0 aliphatic carbocycles. The van der Waals surface area contributed by atoms with E-state index in [2.05, 4.69) is 21.4 Å². The fourth-order valence-electron chi connectivity index (χ4n) is 1.32. The number of nitrogens with zero attached hydrogens (tertiary/aromatic N) is 3. The topological polar surface area (TPSA) is 56.5 Å². The van der Waals surface area contributed by atoms with E-state index in [4.69, 9.17) is 0 Å². The van der Waals surface area contributed by atoms with Gasteiger partial charge in [0.1, 0.15) is 11.9 Å². The summed E-state index contributed by atoms with van der Waals surface area (Å²) < 4.78 is 6.18. The van der Waals surface area contributed by atoms with Crippen molar-refractivity contribution in [2.45, 2.75) is 0 Å². The number of aromatic nitrogens is 3. The molecule has 0 fully saturated rings. The number of hydrogen-bond donors (Lipinski definition) is 0. The van der Waals surface area contributed by atoms with Crippen molar-refractivity contribution < 1.29 is 9.53 Å². The molecule has 0 saturated carbocycles. The molecule has 2 heterocycles. The Morgan fingerprint density at radius 1 is 1.67 bits per heavy atom. The molecule has 5 nitrogen and oxygen atoms in total. The molecule has 0 amide bonds. The van der Waals surface area contributed by atoms with Gasteiger partial charge in [0.2, 0.25) is 0 Å². The first-order valence-corrected chi connectivity index (χ1v) is 4.30. The standard InChI is InChI=1S/C10H9N3O2/c1-3-7-4-8(10(14)15-2)9-11-6-12-13(9)5-7/h3-6H,1H2,2H3. The van der Waals surface area contributed by atoms with Crippen LogP contribution >= 0.6 is 0 Å². The van der Waals surface area contributed by atoms with E-state index in [-0.39, 0.29) is 0 Å². The minimum absolute atomic E-state index is 0.382. The van der Waals surface area contributed by atoms with Crippen LogP contribution in [-0.4, -0.2) is 27.7 Å². The Hall–Kier alpha value is -2.17. The minimum atomic E-state index is -0.434. The first kappa shape index (κ1) is 9.39. The Balaban J connectivity index is 2.73. The summed E-state index contributed by atoms with van der Waals surface area (Å²) in [6.07, 6.45) is 4.75. The number of rotatable bonds is 2. The first-order valence-electron chi connectivity index (χ1n) is 4.30. The second-order valence-corrected chi connectivity index (χ2v) is 2.91. The maximum atomic E-state index is 11.5. The van der Waals surface area contributed by atoms with Gasteiger partial charge in [-0.15, -0.1) is 0 Å². The summed E-state index contributed by atoms with van der Waals surface area (Å²) in [5.74, 6) is -0.434. The van der Waals surface area contributed by atoms with Gasteiger partial charge in [-0.05, 0) is 11.6 Å². The fourth-order valence-corrected chi connectivity index (χ4v) is 1.32. The summed E-state index contributed by atoms with van der Waals surface area (Å²) in [6, 6.07) is 1.67. The average Bonchev–Trinajstić information content (AvgIpc) is 2.74. The summed E-state index contributed by atoms with van der Waals surface area (Å²) >= 11 is 0. The van der Waals surface area contributed by atoms with Crippen LogP contribution in [0.25, 0.3) is 11.7 Å². The molecule has 2 aromatic heterocycles. The summed E-state index contributed by atoms with van der Waals surface area (Å²) in [5, 5.41) is 3.95. The highest BCUT2D eigenvalue weighted by atomic mass is 16.5. The molecule has 0 bridgehead atoms. The lowest BCUT2D eigenvalue weighted by molar-refractivity contribution is 0.0602. The maximum Gasteiger partial charge on any atom is 0.341 e. The van der Waals surface area contributed by atoms with Crippen molar-refractivity contribution >= 4 is 17.7 Å². The zero-order valence-electron chi connectivity index (χ0n) is 8.17. The summed E-state index contributed by atoms with van der Waals surface area (Å²) in [6.45, 7) is 3.63. The molecule has 0 N–H and O–H groups in total. The quantitative estimate of drug-likeness (QED) is 0.687. The van der Waals surface area contributed by atoms with Crippen LogP contribution in [0.15, 0.2) is 25.2 Å². The van der Waals surface area contributed by atoms with Gasteiger partial charge in [-0.3, -0.25) is 0 Å².